The highest BCUT2D eigenvalue weighted by molar-refractivity contribution is 7.11. The number of aromatic nitrogens is 1. The zero-order valence-electron chi connectivity index (χ0n) is 11.3. The fourth-order valence-electron chi connectivity index (χ4n) is 2.39. The second-order valence-corrected chi connectivity index (χ2v) is 6.69. The van der Waals surface area contributed by atoms with Crippen molar-refractivity contribution in [3.63, 3.8) is 0 Å². The second-order valence-electron chi connectivity index (χ2n) is 5.52. The molecule has 0 radical (unpaired) electrons. The van der Waals surface area contributed by atoms with Crippen LogP contribution < -0.4 is 5.32 Å². The Balaban J connectivity index is 1.91. The van der Waals surface area contributed by atoms with Crippen LogP contribution in [0.1, 0.15) is 49.2 Å². The zero-order valence-corrected chi connectivity index (χ0v) is 12.1. The van der Waals surface area contributed by atoms with E-state index in [-0.39, 0.29) is 0 Å². The highest BCUT2D eigenvalue weighted by Crippen LogP contribution is 2.31. The normalized spacial score (nSPS) is 19.6. The SMILES string of the molecule is CCC1CCc2nc(CNCC(C)C)sc2C1. The van der Waals surface area contributed by atoms with Gasteiger partial charge in [0.2, 0.25) is 0 Å². The summed E-state index contributed by atoms with van der Waals surface area (Å²) in [5.74, 6) is 1.62. The zero-order chi connectivity index (χ0) is 12.3. The third kappa shape index (κ3) is 3.52. The smallest absolute Gasteiger partial charge is 0.107 e. The van der Waals surface area contributed by atoms with Crippen LogP contribution in [-0.4, -0.2) is 11.5 Å². The van der Waals surface area contributed by atoms with E-state index in [2.05, 4.69) is 26.1 Å². The molecule has 1 aromatic rings. The highest BCUT2D eigenvalue weighted by Gasteiger charge is 2.21. The maximum Gasteiger partial charge on any atom is 0.107 e. The Hall–Kier alpha value is -0.410. The minimum absolute atomic E-state index is 0.717. The fourth-order valence-corrected chi connectivity index (χ4v) is 3.59. The molecule has 0 spiro atoms. The van der Waals surface area contributed by atoms with Crippen LogP contribution in [0.3, 0.4) is 0 Å². The molecule has 17 heavy (non-hydrogen) atoms. The molecular formula is C14H24N2S. The first-order chi connectivity index (χ1) is 8.19. The molecule has 0 saturated heterocycles. The molecular weight excluding hydrogens is 228 g/mol. The van der Waals surface area contributed by atoms with Gasteiger partial charge in [-0.15, -0.1) is 11.3 Å². The van der Waals surface area contributed by atoms with Crippen LogP contribution in [0.25, 0.3) is 0 Å². The molecule has 96 valence electrons. The van der Waals surface area contributed by atoms with Crippen LogP contribution in [0, 0.1) is 11.8 Å². The predicted octanol–water partition coefficient (Wildman–Crippen LogP) is 3.40. The first-order valence-corrected chi connectivity index (χ1v) is 7.68. The van der Waals surface area contributed by atoms with Crippen LogP contribution in [0.4, 0.5) is 0 Å². The van der Waals surface area contributed by atoms with Gasteiger partial charge in [0.05, 0.1) is 5.69 Å². The summed E-state index contributed by atoms with van der Waals surface area (Å²) in [4.78, 5) is 6.33. The molecule has 1 unspecified atom stereocenters. The number of hydrogen-bond donors (Lipinski definition) is 1. The quantitative estimate of drug-likeness (QED) is 0.868. The minimum atomic E-state index is 0.717. The largest absolute Gasteiger partial charge is 0.310 e. The molecule has 1 N–H and O–H groups in total. The first kappa shape index (κ1) is 13.0. The fraction of sp³-hybridized carbons (Fsp3) is 0.786. The number of fused-ring (bicyclic) bond motifs is 1. The molecule has 0 aliphatic heterocycles. The number of thiazole rings is 1. The van der Waals surface area contributed by atoms with Gasteiger partial charge in [-0.25, -0.2) is 4.98 Å². The predicted molar refractivity (Wildman–Crippen MR) is 74.5 cm³/mol. The van der Waals surface area contributed by atoms with Gasteiger partial charge < -0.3 is 5.32 Å². The minimum Gasteiger partial charge on any atom is -0.310 e. The molecule has 0 amide bonds. The van der Waals surface area contributed by atoms with Crippen molar-refractivity contribution in [1.29, 1.82) is 0 Å². The van der Waals surface area contributed by atoms with Gasteiger partial charge >= 0.3 is 0 Å². The van der Waals surface area contributed by atoms with E-state index in [4.69, 9.17) is 4.98 Å². The average molecular weight is 252 g/mol. The topological polar surface area (TPSA) is 24.9 Å². The third-order valence-electron chi connectivity index (χ3n) is 3.49. The first-order valence-electron chi connectivity index (χ1n) is 6.87. The van der Waals surface area contributed by atoms with Crippen LogP contribution >= 0.6 is 11.3 Å². The van der Waals surface area contributed by atoms with Crippen molar-refractivity contribution in [2.75, 3.05) is 6.54 Å². The van der Waals surface area contributed by atoms with Gasteiger partial charge in [0.25, 0.3) is 0 Å². The van der Waals surface area contributed by atoms with E-state index in [1.54, 1.807) is 4.88 Å². The van der Waals surface area contributed by atoms with Gasteiger partial charge in [-0.3, -0.25) is 0 Å². The lowest BCUT2D eigenvalue weighted by atomic mass is 9.89. The molecule has 1 aliphatic rings. The average Bonchev–Trinajstić information content (AvgIpc) is 2.69. The van der Waals surface area contributed by atoms with Crippen LogP contribution in [0.2, 0.25) is 0 Å². The summed E-state index contributed by atoms with van der Waals surface area (Å²) in [6.07, 6.45) is 5.13. The van der Waals surface area contributed by atoms with Crippen molar-refractivity contribution in [3.8, 4) is 0 Å². The number of hydrogen-bond acceptors (Lipinski definition) is 3. The number of rotatable bonds is 5. The second kappa shape index (κ2) is 5.96. The Labute approximate surface area is 109 Å². The summed E-state index contributed by atoms with van der Waals surface area (Å²) in [5.41, 5.74) is 1.39. The van der Waals surface area contributed by atoms with E-state index in [1.807, 2.05) is 11.3 Å². The molecule has 1 atom stereocenters. The summed E-state index contributed by atoms with van der Waals surface area (Å²) in [6.45, 7) is 8.83. The lowest BCUT2D eigenvalue weighted by Crippen LogP contribution is -2.18. The number of aryl methyl sites for hydroxylation is 1. The molecule has 1 aromatic heterocycles. The molecule has 0 saturated carbocycles. The Morgan fingerprint density at radius 2 is 2.29 bits per heavy atom. The van der Waals surface area contributed by atoms with Crippen molar-refractivity contribution in [3.05, 3.63) is 15.6 Å². The molecule has 2 nitrogen and oxygen atoms in total. The van der Waals surface area contributed by atoms with Gasteiger partial charge in [-0.2, -0.15) is 0 Å². The number of nitrogens with zero attached hydrogens (tertiary/aromatic N) is 1. The lowest BCUT2D eigenvalue weighted by Gasteiger charge is -2.18. The van der Waals surface area contributed by atoms with Crippen LogP contribution in [0.15, 0.2) is 0 Å². The Kier molecular flexibility index (Phi) is 4.57. The van der Waals surface area contributed by atoms with E-state index < -0.39 is 0 Å². The summed E-state index contributed by atoms with van der Waals surface area (Å²) < 4.78 is 0. The van der Waals surface area contributed by atoms with Gasteiger partial charge in [-0.05, 0) is 37.6 Å². The summed E-state index contributed by atoms with van der Waals surface area (Å²) in [7, 11) is 0. The maximum absolute atomic E-state index is 4.77. The van der Waals surface area contributed by atoms with Crippen molar-refractivity contribution < 1.29 is 0 Å². The van der Waals surface area contributed by atoms with Gasteiger partial charge in [0.1, 0.15) is 5.01 Å². The molecule has 0 fully saturated rings. The third-order valence-corrected chi connectivity index (χ3v) is 4.61. The van der Waals surface area contributed by atoms with Gasteiger partial charge in [0, 0.05) is 11.4 Å². The molecule has 2 rings (SSSR count). The van der Waals surface area contributed by atoms with Crippen molar-refractivity contribution in [2.24, 2.45) is 11.8 Å². The van der Waals surface area contributed by atoms with E-state index in [0.29, 0.717) is 5.92 Å². The molecule has 0 aromatic carbocycles. The molecule has 0 bridgehead atoms. The van der Waals surface area contributed by atoms with E-state index >= 15 is 0 Å². The van der Waals surface area contributed by atoms with Crippen LogP contribution in [-0.2, 0) is 19.4 Å². The van der Waals surface area contributed by atoms with Gasteiger partial charge in [0.15, 0.2) is 0 Å². The summed E-state index contributed by atoms with van der Waals surface area (Å²) in [5, 5.41) is 4.77. The Bertz CT molecular complexity index is 357. The van der Waals surface area contributed by atoms with E-state index in [0.717, 1.165) is 19.0 Å². The highest BCUT2D eigenvalue weighted by atomic mass is 32.1. The Morgan fingerprint density at radius 1 is 1.47 bits per heavy atom. The standard InChI is InChI=1S/C14H24N2S/c1-4-11-5-6-12-13(7-11)17-14(16-12)9-15-8-10(2)3/h10-11,15H,4-9H2,1-3H3. The maximum atomic E-state index is 4.77. The van der Waals surface area contributed by atoms with Crippen molar-refractivity contribution in [2.45, 2.75) is 53.0 Å². The lowest BCUT2D eigenvalue weighted by molar-refractivity contribution is 0.445. The molecule has 1 heterocycles. The van der Waals surface area contributed by atoms with Crippen LogP contribution in [0.5, 0.6) is 0 Å². The van der Waals surface area contributed by atoms with Crippen molar-refractivity contribution in [1.82, 2.24) is 10.3 Å². The number of nitrogens with one attached hydrogen (secondary N) is 1. The Morgan fingerprint density at radius 3 is 3.00 bits per heavy atom. The van der Waals surface area contributed by atoms with Gasteiger partial charge in [-0.1, -0.05) is 27.2 Å². The monoisotopic (exact) mass is 252 g/mol. The molecule has 1 aliphatic carbocycles. The van der Waals surface area contributed by atoms with E-state index in [9.17, 15) is 0 Å². The van der Waals surface area contributed by atoms with Crippen molar-refractivity contribution >= 4 is 11.3 Å². The molecule has 3 heteroatoms. The summed E-state index contributed by atoms with van der Waals surface area (Å²) in [6, 6.07) is 0. The summed E-state index contributed by atoms with van der Waals surface area (Å²) >= 11 is 1.93. The van der Waals surface area contributed by atoms with E-state index in [1.165, 1.54) is 36.4 Å².